The Labute approximate surface area is 210 Å². The van der Waals surface area contributed by atoms with Gasteiger partial charge in [-0.3, -0.25) is 14.8 Å². The summed E-state index contributed by atoms with van der Waals surface area (Å²) in [5.41, 5.74) is 6.15. The normalized spacial score (nSPS) is 16.4. The van der Waals surface area contributed by atoms with Gasteiger partial charge < -0.3 is 15.4 Å². The third kappa shape index (κ3) is 4.28. The van der Waals surface area contributed by atoms with Gasteiger partial charge in [-0.25, -0.2) is 9.97 Å². The summed E-state index contributed by atoms with van der Waals surface area (Å²) in [5.74, 6) is 0.620. The number of benzene rings is 1. The third-order valence-electron chi connectivity index (χ3n) is 7.21. The van der Waals surface area contributed by atoms with Crippen LogP contribution < -0.4 is 10.6 Å². The minimum Gasteiger partial charge on any atom is -0.369 e. The Morgan fingerprint density at radius 3 is 2.83 bits per heavy atom. The summed E-state index contributed by atoms with van der Waals surface area (Å²) in [6.07, 6.45) is 6.02. The highest BCUT2D eigenvalue weighted by Crippen LogP contribution is 2.34. The molecule has 36 heavy (non-hydrogen) atoms. The molecule has 4 heterocycles. The maximum atomic E-state index is 12.4. The lowest BCUT2D eigenvalue weighted by Gasteiger charge is -2.30. The van der Waals surface area contributed by atoms with Crippen LogP contribution in [0.3, 0.4) is 0 Å². The van der Waals surface area contributed by atoms with Crippen molar-refractivity contribution >= 4 is 22.6 Å². The first-order valence-corrected chi connectivity index (χ1v) is 12.2. The number of pyridine rings is 2. The van der Waals surface area contributed by atoms with E-state index in [0.717, 1.165) is 51.2 Å². The zero-order chi connectivity index (χ0) is 25.3. The molecule has 0 bridgehead atoms. The van der Waals surface area contributed by atoms with Gasteiger partial charge in [0.15, 0.2) is 0 Å². The molecule has 8 nitrogen and oxygen atoms in total. The van der Waals surface area contributed by atoms with E-state index in [2.05, 4.69) is 56.5 Å². The Kier molecular flexibility index (Phi) is 6.36. The predicted molar refractivity (Wildman–Crippen MR) is 140 cm³/mol. The molecule has 0 aliphatic carbocycles. The number of hydrogen-bond donors (Lipinski definition) is 2. The van der Waals surface area contributed by atoms with Crippen molar-refractivity contribution in [3.8, 4) is 11.3 Å². The van der Waals surface area contributed by atoms with E-state index in [9.17, 15) is 4.79 Å². The molecule has 0 fully saturated rings. The first kappa shape index (κ1) is 23.8. The molecule has 1 aromatic carbocycles. The van der Waals surface area contributed by atoms with Gasteiger partial charge in [-0.1, -0.05) is 32.0 Å². The van der Waals surface area contributed by atoms with E-state index < -0.39 is 0 Å². The Morgan fingerprint density at radius 1 is 1.17 bits per heavy atom. The van der Waals surface area contributed by atoms with Crippen LogP contribution in [0.15, 0.2) is 55.1 Å². The number of carbonyl (C=O) groups excluding carboxylic acids is 1. The highest BCUT2D eigenvalue weighted by Gasteiger charge is 2.28. The van der Waals surface area contributed by atoms with Crippen molar-refractivity contribution in [2.45, 2.75) is 45.3 Å². The van der Waals surface area contributed by atoms with Gasteiger partial charge >= 0.3 is 0 Å². The van der Waals surface area contributed by atoms with Gasteiger partial charge in [-0.2, -0.15) is 0 Å². The number of ether oxygens (including phenoxy) is 1. The van der Waals surface area contributed by atoms with Crippen molar-refractivity contribution in [2.24, 2.45) is 0 Å². The van der Waals surface area contributed by atoms with Crippen LogP contribution in [-0.2, 0) is 16.8 Å². The molecule has 2 atom stereocenters. The summed E-state index contributed by atoms with van der Waals surface area (Å²) >= 11 is 0. The fourth-order valence-corrected chi connectivity index (χ4v) is 4.72. The number of fused-ring (bicyclic) bond motifs is 2. The lowest BCUT2D eigenvalue weighted by Crippen LogP contribution is -2.31. The van der Waals surface area contributed by atoms with Gasteiger partial charge in [0.2, 0.25) is 0 Å². The fourth-order valence-electron chi connectivity index (χ4n) is 4.72. The number of rotatable bonds is 7. The number of amides is 1. The average molecular weight is 483 g/mol. The van der Waals surface area contributed by atoms with Crippen LogP contribution in [0.25, 0.3) is 22.2 Å². The van der Waals surface area contributed by atoms with E-state index in [4.69, 9.17) is 4.74 Å². The Bertz CT molecular complexity index is 1440. The summed E-state index contributed by atoms with van der Waals surface area (Å²) in [5, 5.41) is 7.09. The average Bonchev–Trinajstić information content (AvgIpc) is 3.30. The molecule has 0 unspecified atom stereocenters. The maximum Gasteiger partial charge on any atom is 0.251 e. The first-order valence-electron chi connectivity index (χ1n) is 12.2. The first-order chi connectivity index (χ1) is 17.4. The SMILES string of the molecule is CC[C@](C)(CNc1cc(-c2cnc3c(c2)[C@H](C)OC3)ncn1)c1cccc2c(C(=O)NC)ccnc12. The van der Waals surface area contributed by atoms with Crippen molar-refractivity contribution in [3.05, 3.63) is 77.5 Å². The van der Waals surface area contributed by atoms with Crippen molar-refractivity contribution < 1.29 is 9.53 Å². The van der Waals surface area contributed by atoms with Crippen LogP contribution in [0.1, 0.15) is 60.5 Å². The fraction of sp³-hybridized carbons (Fsp3) is 0.321. The van der Waals surface area contributed by atoms with Crippen LogP contribution in [-0.4, -0.2) is 39.4 Å². The Balaban J connectivity index is 1.43. The van der Waals surface area contributed by atoms with Crippen LogP contribution in [0.5, 0.6) is 0 Å². The molecule has 3 aromatic heterocycles. The third-order valence-corrected chi connectivity index (χ3v) is 7.21. The molecular formula is C28H30N6O2. The van der Waals surface area contributed by atoms with Crippen LogP contribution in [0, 0.1) is 0 Å². The number of nitrogens with zero attached hydrogens (tertiary/aromatic N) is 4. The smallest absolute Gasteiger partial charge is 0.251 e. The van der Waals surface area contributed by atoms with E-state index in [-0.39, 0.29) is 17.4 Å². The zero-order valence-electron chi connectivity index (χ0n) is 21.0. The number of carbonyl (C=O) groups is 1. The lowest BCUT2D eigenvalue weighted by atomic mass is 9.78. The minimum absolute atomic E-state index is 0.0374. The molecule has 0 spiro atoms. The second kappa shape index (κ2) is 9.62. The molecule has 1 aliphatic rings. The summed E-state index contributed by atoms with van der Waals surface area (Å²) in [6.45, 7) is 7.59. The van der Waals surface area contributed by atoms with Gasteiger partial charge in [0, 0.05) is 54.0 Å². The standard InChI is InChI=1S/C28H30N6O2/c1-5-28(3,22-8-6-7-19-20(27(35)29-4)9-10-30-26(19)22)15-32-25-12-23(33-16-34-25)18-11-21-17(2)36-14-24(21)31-13-18/h6-13,16-17H,5,14-15H2,1-4H3,(H,29,35)(H,32,33,34)/t17-,28+/m0/s1. The molecule has 0 saturated heterocycles. The topological polar surface area (TPSA) is 102 Å². The van der Waals surface area contributed by atoms with Gasteiger partial charge in [-0.05, 0) is 31.0 Å². The predicted octanol–water partition coefficient (Wildman–Crippen LogP) is 4.82. The Hall–Kier alpha value is -3.91. The van der Waals surface area contributed by atoms with Gasteiger partial charge in [0.05, 0.1) is 35.2 Å². The van der Waals surface area contributed by atoms with Crippen LogP contribution in [0.2, 0.25) is 0 Å². The maximum absolute atomic E-state index is 12.4. The lowest BCUT2D eigenvalue weighted by molar-refractivity contribution is 0.0787. The highest BCUT2D eigenvalue weighted by molar-refractivity contribution is 6.06. The van der Waals surface area contributed by atoms with Crippen LogP contribution in [0.4, 0.5) is 5.82 Å². The highest BCUT2D eigenvalue weighted by atomic mass is 16.5. The largest absolute Gasteiger partial charge is 0.369 e. The molecular weight excluding hydrogens is 452 g/mol. The Morgan fingerprint density at radius 2 is 2.03 bits per heavy atom. The number of aromatic nitrogens is 4. The van der Waals surface area contributed by atoms with Crippen molar-refractivity contribution in [1.82, 2.24) is 25.3 Å². The van der Waals surface area contributed by atoms with E-state index in [0.29, 0.717) is 18.7 Å². The van der Waals surface area contributed by atoms with Gasteiger partial charge in [-0.15, -0.1) is 0 Å². The van der Waals surface area contributed by atoms with Crippen LogP contribution >= 0.6 is 0 Å². The summed E-state index contributed by atoms with van der Waals surface area (Å²) in [7, 11) is 1.64. The summed E-state index contributed by atoms with van der Waals surface area (Å²) in [6, 6.07) is 11.9. The second-order valence-corrected chi connectivity index (χ2v) is 9.41. The number of anilines is 1. The molecule has 4 aromatic rings. The van der Waals surface area contributed by atoms with Crippen molar-refractivity contribution in [2.75, 3.05) is 18.9 Å². The number of hydrogen-bond acceptors (Lipinski definition) is 7. The van der Waals surface area contributed by atoms with E-state index in [1.165, 1.54) is 0 Å². The molecule has 2 N–H and O–H groups in total. The van der Waals surface area contributed by atoms with Crippen molar-refractivity contribution in [1.29, 1.82) is 0 Å². The molecule has 8 heteroatoms. The number of nitrogens with one attached hydrogen (secondary N) is 2. The molecule has 184 valence electrons. The van der Waals surface area contributed by atoms with Crippen molar-refractivity contribution in [3.63, 3.8) is 0 Å². The summed E-state index contributed by atoms with van der Waals surface area (Å²) < 4.78 is 5.69. The minimum atomic E-state index is -0.249. The molecule has 0 radical (unpaired) electrons. The van der Waals surface area contributed by atoms with Gasteiger partial charge in [0.25, 0.3) is 5.91 Å². The van der Waals surface area contributed by atoms with E-state index in [1.807, 2.05) is 31.3 Å². The van der Waals surface area contributed by atoms with E-state index >= 15 is 0 Å². The molecule has 1 aliphatic heterocycles. The second-order valence-electron chi connectivity index (χ2n) is 9.41. The molecule has 0 saturated carbocycles. The molecule has 5 rings (SSSR count). The summed E-state index contributed by atoms with van der Waals surface area (Å²) in [4.78, 5) is 30.6. The number of para-hydroxylation sites is 1. The zero-order valence-corrected chi connectivity index (χ0v) is 21.0. The van der Waals surface area contributed by atoms with Gasteiger partial charge in [0.1, 0.15) is 12.1 Å². The quantitative estimate of drug-likeness (QED) is 0.389. The monoisotopic (exact) mass is 482 g/mol. The molecule has 1 amide bonds. The van der Waals surface area contributed by atoms with E-state index in [1.54, 1.807) is 25.6 Å².